The predicted molar refractivity (Wildman–Crippen MR) is 67.5 cm³/mol. The molecule has 1 amide bonds. The molecule has 2 aliphatic rings. The van der Waals surface area contributed by atoms with Crippen LogP contribution in [0.2, 0.25) is 0 Å². The van der Waals surface area contributed by atoms with Crippen molar-refractivity contribution in [2.45, 2.75) is 32.2 Å². The van der Waals surface area contributed by atoms with E-state index in [1.54, 1.807) is 18.3 Å². The standard InChI is InChI=1S/C14H18N2O2/c1-9-6-12(9)16-14(17)11-4-5-13(15-7-11)18-8-10-2-3-10/h4-5,7,9-10,12H,2-3,6,8H2,1H3,(H,16,17)/t9-,12+/m1/s1. The van der Waals surface area contributed by atoms with Gasteiger partial charge in [0.25, 0.3) is 5.91 Å². The highest BCUT2D eigenvalue weighted by atomic mass is 16.5. The molecular weight excluding hydrogens is 228 g/mol. The van der Waals surface area contributed by atoms with Crippen LogP contribution in [-0.2, 0) is 0 Å². The van der Waals surface area contributed by atoms with E-state index in [4.69, 9.17) is 4.74 Å². The third-order valence-electron chi connectivity index (χ3n) is 3.59. The molecule has 0 spiro atoms. The third kappa shape index (κ3) is 2.81. The highest BCUT2D eigenvalue weighted by Crippen LogP contribution is 2.30. The van der Waals surface area contributed by atoms with Crippen LogP contribution in [-0.4, -0.2) is 23.5 Å². The summed E-state index contributed by atoms with van der Waals surface area (Å²) in [6, 6.07) is 3.90. The largest absolute Gasteiger partial charge is 0.477 e. The molecule has 0 radical (unpaired) electrons. The van der Waals surface area contributed by atoms with Crippen LogP contribution >= 0.6 is 0 Å². The zero-order valence-electron chi connectivity index (χ0n) is 10.6. The van der Waals surface area contributed by atoms with E-state index in [2.05, 4.69) is 17.2 Å². The van der Waals surface area contributed by atoms with Crippen LogP contribution in [0.15, 0.2) is 18.3 Å². The van der Waals surface area contributed by atoms with Gasteiger partial charge >= 0.3 is 0 Å². The maximum atomic E-state index is 11.8. The minimum absolute atomic E-state index is 0.0365. The van der Waals surface area contributed by atoms with E-state index >= 15 is 0 Å². The van der Waals surface area contributed by atoms with Crippen LogP contribution in [0.5, 0.6) is 5.88 Å². The monoisotopic (exact) mass is 246 g/mol. The number of carbonyl (C=O) groups excluding carboxylic acids is 1. The molecule has 1 N–H and O–H groups in total. The Morgan fingerprint density at radius 2 is 2.28 bits per heavy atom. The smallest absolute Gasteiger partial charge is 0.253 e. The van der Waals surface area contributed by atoms with Gasteiger partial charge in [-0.1, -0.05) is 6.92 Å². The molecule has 1 heterocycles. The van der Waals surface area contributed by atoms with E-state index < -0.39 is 0 Å². The Hall–Kier alpha value is -1.58. The van der Waals surface area contributed by atoms with Crippen LogP contribution in [0.3, 0.4) is 0 Å². The zero-order valence-corrected chi connectivity index (χ0v) is 10.6. The Morgan fingerprint density at radius 1 is 1.50 bits per heavy atom. The van der Waals surface area contributed by atoms with E-state index in [1.165, 1.54) is 12.8 Å². The summed E-state index contributed by atoms with van der Waals surface area (Å²) >= 11 is 0. The molecule has 4 heteroatoms. The van der Waals surface area contributed by atoms with Gasteiger partial charge in [-0.25, -0.2) is 4.98 Å². The number of nitrogens with one attached hydrogen (secondary N) is 1. The molecule has 96 valence electrons. The summed E-state index contributed by atoms with van der Waals surface area (Å²) < 4.78 is 5.53. The molecule has 0 unspecified atom stereocenters. The fourth-order valence-corrected chi connectivity index (χ4v) is 1.86. The number of pyridine rings is 1. The number of hydrogen-bond donors (Lipinski definition) is 1. The maximum Gasteiger partial charge on any atom is 0.253 e. The molecule has 1 aromatic rings. The second kappa shape index (κ2) is 4.59. The Kier molecular flexibility index (Phi) is 2.94. The molecule has 1 aromatic heterocycles. The molecule has 18 heavy (non-hydrogen) atoms. The van der Waals surface area contributed by atoms with Crippen LogP contribution in [0.25, 0.3) is 0 Å². The van der Waals surface area contributed by atoms with Gasteiger partial charge in [0.1, 0.15) is 0 Å². The number of rotatable bonds is 5. The van der Waals surface area contributed by atoms with Crippen LogP contribution in [0.1, 0.15) is 36.5 Å². The van der Waals surface area contributed by atoms with Crippen molar-refractivity contribution in [3.63, 3.8) is 0 Å². The molecule has 4 nitrogen and oxygen atoms in total. The summed E-state index contributed by atoms with van der Waals surface area (Å²) in [5, 5.41) is 2.98. The highest BCUT2D eigenvalue weighted by molar-refractivity contribution is 5.94. The van der Waals surface area contributed by atoms with Gasteiger partial charge in [-0.2, -0.15) is 0 Å². The summed E-state index contributed by atoms with van der Waals surface area (Å²) in [5.74, 6) is 1.90. The molecule has 0 aliphatic heterocycles. The van der Waals surface area contributed by atoms with Crippen molar-refractivity contribution in [1.82, 2.24) is 10.3 Å². The average Bonchev–Trinajstić information content (AvgIpc) is 3.27. The van der Waals surface area contributed by atoms with E-state index in [-0.39, 0.29) is 5.91 Å². The van der Waals surface area contributed by atoms with Crippen molar-refractivity contribution in [3.8, 4) is 5.88 Å². The SMILES string of the molecule is C[C@@H]1C[C@@H]1NC(=O)c1ccc(OCC2CC2)nc1. The minimum atomic E-state index is -0.0365. The van der Waals surface area contributed by atoms with Crippen LogP contribution in [0.4, 0.5) is 0 Å². The second-order valence-corrected chi connectivity index (χ2v) is 5.43. The van der Waals surface area contributed by atoms with Gasteiger partial charge in [0.15, 0.2) is 0 Å². The molecule has 2 fully saturated rings. The summed E-state index contributed by atoms with van der Waals surface area (Å²) in [7, 11) is 0. The van der Waals surface area contributed by atoms with Crippen LogP contribution < -0.4 is 10.1 Å². The van der Waals surface area contributed by atoms with Crippen molar-refractivity contribution in [2.75, 3.05) is 6.61 Å². The average molecular weight is 246 g/mol. The number of carbonyl (C=O) groups is 1. The number of nitrogens with zero attached hydrogens (tertiary/aromatic N) is 1. The minimum Gasteiger partial charge on any atom is -0.477 e. The Morgan fingerprint density at radius 3 is 2.83 bits per heavy atom. The molecule has 2 aliphatic carbocycles. The first-order chi connectivity index (χ1) is 8.72. The lowest BCUT2D eigenvalue weighted by molar-refractivity contribution is 0.0949. The number of ether oxygens (including phenoxy) is 1. The fraction of sp³-hybridized carbons (Fsp3) is 0.571. The maximum absolute atomic E-state index is 11.8. The van der Waals surface area contributed by atoms with Crippen LogP contribution in [0, 0.1) is 11.8 Å². The first kappa shape index (κ1) is 11.5. The summed E-state index contributed by atoms with van der Waals surface area (Å²) in [6.45, 7) is 2.89. The lowest BCUT2D eigenvalue weighted by atomic mass is 10.2. The number of hydrogen-bond acceptors (Lipinski definition) is 3. The van der Waals surface area contributed by atoms with Gasteiger partial charge in [0.2, 0.25) is 5.88 Å². The molecule has 0 aromatic carbocycles. The molecule has 2 atom stereocenters. The Balaban J connectivity index is 1.53. The normalized spacial score (nSPS) is 25.6. The van der Waals surface area contributed by atoms with E-state index in [0.29, 0.717) is 29.3 Å². The molecular formula is C14H18N2O2. The molecule has 0 saturated heterocycles. The van der Waals surface area contributed by atoms with E-state index in [1.807, 2.05) is 0 Å². The topological polar surface area (TPSA) is 51.2 Å². The van der Waals surface area contributed by atoms with Gasteiger partial charge in [0, 0.05) is 18.3 Å². The summed E-state index contributed by atoms with van der Waals surface area (Å²) in [4.78, 5) is 16.0. The first-order valence-corrected chi connectivity index (χ1v) is 6.62. The quantitative estimate of drug-likeness (QED) is 0.864. The summed E-state index contributed by atoms with van der Waals surface area (Å²) in [5.41, 5.74) is 0.605. The van der Waals surface area contributed by atoms with Crippen molar-refractivity contribution >= 4 is 5.91 Å². The lowest BCUT2D eigenvalue weighted by Crippen LogP contribution is -2.26. The van der Waals surface area contributed by atoms with Gasteiger partial charge in [-0.3, -0.25) is 4.79 Å². The molecule has 3 rings (SSSR count). The van der Waals surface area contributed by atoms with Gasteiger partial charge in [-0.15, -0.1) is 0 Å². The Bertz CT molecular complexity index is 440. The van der Waals surface area contributed by atoms with Crippen molar-refractivity contribution < 1.29 is 9.53 Å². The van der Waals surface area contributed by atoms with Gasteiger partial charge in [0.05, 0.1) is 12.2 Å². The van der Waals surface area contributed by atoms with Gasteiger partial charge < -0.3 is 10.1 Å². The van der Waals surface area contributed by atoms with Crippen molar-refractivity contribution in [3.05, 3.63) is 23.9 Å². The van der Waals surface area contributed by atoms with Crippen molar-refractivity contribution in [2.24, 2.45) is 11.8 Å². The summed E-state index contributed by atoms with van der Waals surface area (Å²) in [6.07, 6.45) is 5.20. The highest BCUT2D eigenvalue weighted by Gasteiger charge is 2.34. The molecule has 0 bridgehead atoms. The first-order valence-electron chi connectivity index (χ1n) is 6.62. The second-order valence-electron chi connectivity index (χ2n) is 5.43. The predicted octanol–water partition coefficient (Wildman–Crippen LogP) is 2.01. The van der Waals surface area contributed by atoms with Crippen molar-refractivity contribution in [1.29, 1.82) is 0 Å². The van der Waals surface area contributed by atoms with E-state index in [9.17, 15) is 4.79 Å². The van der Waals surface area contributed by atoms with E-state index in [0.717, 1.165) is 13.0 Å². The number of amides is 1. The lowest BCUT2D eigenvalue weighted by Gasteiger charge is -2.06. The van der Waals surface area contributed by atoms with Gasteiger partial charge in [-0.05, 0) is 37.2 Å². The molecule has 2 saturated carbocycles. The number of aromatic nitrogens is 1. The fourth-order valence-electron chi connectivity index (χ4n) is 1.86. The Labute approximate surface area is 107 Å². The zero-order chi connectivity index (χ0) is 12.5. The third-order valence-corrected chi connectivity index (χ3v) is 3.59.